The molecule has 0 bridgehead atoms. The van der Waals surface area contributed by atoms with Gasteiger partial charge < -0.3 is 4.98 Å². The standard InChI is InChI=1S/C14H24N2/c1-14(2,3)13-15-11-9-7-5-4-6-8-10-12(11)16-13/h4-10H2,1-3H3,(H,15,16). The molecule has 1 aliphatic rings. The third-order valence-corrected chi connectivity index (χ3v) is 3.42. The van der Waals surface area contributed by atoms with E-state index in [9.17, 15) is 0 Å². The Labute approximate surface area is 98.9 Å². The van der Waals surface area contributed by atoms with Crippen LogP contribution in [0.4, 0.5) is 0 Å². The van der Waals surface area contributed by atoms with E-state index in [-0.39, 0.29) is 5.41 Å². The number of H-pyrrole nitrogens is 1. The first-order valence-electron chi connectivity index (χ1n) is 6.65. The minimum Gasteiger partial charge on any atom is -0.345 e. The maximum atomic E-state index is 4.81. The van der Waals surface area contributed by atoms with Gasteiger partial charge in [-0.15, -0.1) is 0 Å². The molecule has 0 fully saturated rings. The Morgan fingerprint density at radius 1 is 0.938 bits per heavy atom. The van der Waals surface area contributed by atoms with Crippen LogP contribution in [0.1, 0.15) is 70.1 Å². The van der Waals surface area contributed by atoms with Crippen LogP contribution in [0.25, 0.3) is 0 Å². The van der Waals surface area contributed by atoms with Crippen LogP contribution < -0.4 is 0 Å². The Kier molecular flexibility index (Phi) is 3.36. The molecule has 0 amide bonds. The Morgan fingerprint density at radius 2 is 1.56 bits per heavy atom. The van der Waals surface area contributed by atoms with Crippen LogP contribution in [0.15, 0.2) is 0 Å². The maximum absolute atomic E-state index is 4.81. The average Bonchev–Trinajstić information content (AvgIpc) is 2.60. The van der Waals surface area contributed by atoms with Crippen LogP contribution in [0, 0.1) is 0 Å². The summed E-state index contributed by atoms with van der Waals surface area (Å²) in [5, 5.41) is 0. The first-order chi connectivity index (χ1) is 7.57. The topological polar surface area (TPSA) is 28.7 Å². The van der Waals surface area contributed by atoms with Crippen molar-refractivity contribution in [2.75, 3.05) is 0 Å². The van der Waals surface area contributed by atoms with Gasteiger partial charge in [-0.3, -0.25) is 0 Å². The van der Waals surface area contributed by atoms with Gasteiger partial charge in [-0.05, 0) is 25.7 Å². The van der Waals surface area contributed by atoms with E-state index in [1.54, 1.807) is 0 Å². The Morgan fingerprint density at radius 3 is 2.25 bits per heavy atom. The normalized spacial score (nSPS) is 18.4. The van der Waals surface area contributed by atoms with E-state index in [2.05, 4.69) is 25.8 Å². The average molecular weight is 220 g/mol. The van der Waals surface area contributed by atoms with E-state index in [0.29, 0.717) is 0 Å². The summed E-state index contributed by atoms with van der Waals surface area (Å²) in [6, 6.07) is 0. The van der Waals surface area contributed by atoms with Crippen molar-refractivity contribution in [3.05, 3.63) is 17.2 Å². The predicted molar refractivity (Wildman–Crippen MR) is 67.8 cm³/mol. The molecule has 1 aromatic heterocycles. The number of rotatable bonds is 0. The fourth-order valence-electron chi connectivity index (χ4n) is 2.34. The molecule has 2 rings (SSSR count). The predicted octanol–water partition coefficient (Wildman–Crippen LogP) is 3.76. The molecule has 1 N–H and O–H groups in total. The van der Waals surface area contributed by atoms with Crippen molar-refractivity contribution in [1.82, 2.24) is 9.97 Å². The van der Waals surface area contributed by atoms with Crippen molar-refractivity contribution in [3.8, 4) is 0 Å². The molecule has 1 aromatic rings. The second-order valence-electron chi connectivity index (χ2n) is 6.03. The number of aryl methyl sites for hydroxylation is 2. The summed E-state index contributed by atoms with van der Waals surface area (Å²) in [5.41, 5.74) is 2.90. The minimum atomic E-state index is 0.150. The lowest BCUT2D eigenvalue weighted by atomic mass is 9.96. The molecule has 0 aromatic carbocycles. The number of nitrogens with one attached hydrogen (secondary N) is 1. The van der Waals surface area contributed by atoms with Crippen LogP contribution in [0.5, 0.6) is 0 Å². The lowest BCUT2D eigenvalue weighted by molar-refractivity contribution is 0.547. The van der Waals surface area contributed by atoms with E-state index >= 15 is 0 Å². The zero-order valence-electron chi connectivity index (χ0n) is 10.9. The molecule has 2 heteroatoms. The minimum absolute atomic E-state index is 0.150. The van der Waals surface area contributed by atoms with Gasteiger partial charge in [0.25, 0.3) is 0 Å². The van der Waals surface area contributed by atoms with Crippen molar-refractivity contribution in [2.24, 2.45) is 0 Å². The SMILES string of the molecule is CC(C)(C)c1nc2c([nH]1)CCCCCCC2. The third kappa shape index (κ3) is 2.66. The lowest BCUT2D eigenvalue weighted by Crippen LogP contribution is -2.13. The molecule has 0 saturated carbocycles. The Bertz CT molecular complexity index is 319. The van der Waals surface area contributed by atoms with Gasteiger partial charge in [0.2, 0.25) is 0 Å². The fourth-order valence-corrected chi connectivity index (χ4v) is 2.34. The van der Waals surface area contributed by atoms with Crippen molar-refractivity contribution in [3.63, 3.8) is 0 Å². The number of fused-ring (bicyclic) bond motifs is 1. The maximum Gasteiger partial charge on any atom is 0.111 e. The third-order valence-electron chi connectivity index (χ3n) is 3.42. The summed E-state index contributed by atoms with van der Waals surface area (Å²) in [6.45, 7) is 6.68. The quantitative estimate of drug-likeness (QED) is 0.708. The molecule has 0 atom stereocenters. The van der Waals surface area contributed by atoms with Crippen LogP contribution in [-0.2, 0) is 18.3 Å². The highest BCUT2D eigenvalue weighted by Gasteiger charge is 2.20. The highest BCUT2D eigenvalue weighted by atomic mass is 15.0. The van der Waals surface area contributed by atoms with Crippen molar-refractivity contribution >= 4 is 0 Å². The van der Waals surface area contributed by atoms with Crippen LogP contribution in [-0.4, -0.2) is 9.97 Å². The summed E-state index contributed by atoms with van der Waals surface area (Å²) < 4.78 is 0. The van der Waals surface area contributed by atoms with Crippen molar-refractivity contribution in [2.45, 2.75) is 71.1 Å². The van der Waals surface area contributed by atoms with E-state index in [4.69, 9.17) is 4.98 Å². The van der Waals surface area contributed by atoms with Gasteiger partial charge in [0.1, 0.15) is 5.82 Å². The van der Waals surface area contributed by atoms with Gasteiger partial charge in [0.15, 0.2) is 0 Å². The smallest absolute Gasteiger partial charge is 0.111 e. The molecule has 16 heavy (non-hydrogen) atoms. The van der Waals surface area contributed by atoms with E-state index in [1.165, 1.54) is 56.3 Å². The van der Waals surface area contributed by atoms with Crippen molar-refractivity contribution < 1.29 is 0 Å². The molecule has 1 heterocycles. The molecule has 90 valence electrons. The lowest BCUT2D eigenvalue weighted by Gasteiger charge is -2.14. The number of aromatic amines is 1. The van der Waals surface area contributed by atoms with Gasteiger partial charge >= 0.3 is 0 Å². The van der Waals surface area contributed by atoms with Gasteiger partial charge in [0.05, 0.1) is 5.69 Å². The number of hydrogen-bond donors (Lipinski definition) is 1. The molecule has 0 spiro atoms. The number of hydrogen-bond acceptors (Lipinski definition) is 1. The molecular weight excluding hydrogens is 196 g/mol. The molecule has 1 aliphatic carbocycles. The first-order valence-corrected chi connectivity index (χ1v) is 6.65. The molecule has 0 radical (unpaired) electrons. The number of nitrogens with zero attached hydrogens (tertiary/aromatic N) is 1. The van der Waals surface area contributed by atoms with Gasteiger partial charge in [0, 0.05) is 11.1 Å². The zero-order chi connectivity index (χ0) is 11.6. The number of imidazole rings is 1. The molecular formula is C14H24N2. The summed E-state index contributed by atoms with van der Waals surface area (Å²) in [4.78, 5) is 8.37. The summed E-state index contributed by atoms with van der Waals surface area (Å²) in [7, 11) is 0. The van der Waals surface area contributed by atoms with E-state index in [0.717, 1.165) is 5.82 Å². The molecule has 2 nitrogen and oxygen atoms in total. The summed E-state index contributed by atoms with van der Waals surface area (Å²) >= 11 is 0. The zero-order valence-corrected chi connectivity index (χ0v) is 10.9. The van der Waals surface area contributed by atoms with E-state index < -0.39 is 0 Å². The van der Waals surface area contributed by atoms with Gasteiger partial charge in [-0.2, -0.15) is 0 Å². The molecule has 0 aliphatic heterocycles. The Balaban J connectivity index is 2.23. The molecule has 0 unspecified atom stereocenters. The van der Waals surface area contributed by atoms with Crippen LogP contribution in [0.3, 0.4) is 0 Å². The van der Waals surface area contributed by atoms with E-state index in [1.807, 2.05) is 0 Å². The van der Waals surface area contributed by atoms with Crippen LogP contribution in [0.2, 0.25) is 0 Å². The second-order valence-corrected chi connectivity index (χ2v) is 6.03. The highest BCUT2D eigenvalue weighted by Crippen LogP contribution is 2.24. The van der Waals surface area contributed by atoms with Crippen LogP contribution >= 0.6 is 0 Å². The Hall–Kier alpha value is -0.790. The second kappa shape index (κ2) is 4.60. The van der Waals surface area contributed by atoms with Gasteiger partial charge in [-0.25, -0.2) is 4.98 Å². The summed E-state index contributed by atoms with van der Waals surface area (Å²) in [6.07, 6.45) is 9.14. The fraction of sp³-hybridized carbons (Fsp3) is 0.786. The molecule has 0 saturated heterocycles. The highest BCUT2D eigenvalue weighted by molar-refractivity contribution is 5.19. The van der Waals surface area contributed by atoms with Gasteiger partial charge in [-0.1, -0.05) is 40.0 Å². The van der Waals surface area contributed by atoms with Crippen molar-refractivity contribution in [1.29, 1.82) is 0 Å². The monoisotopic (exact) mass is 220 g/mol. The summed E-state index contributed by atoms with van der Waals surface area (Å²) in [5.74, 6) is 1.16. The first kappa shape index (κ1) is 11.7. The number of aromatic nitrogens is 2. The largest absolute Gasteiger partial charge is 0.345 e.